The lowest BCUT2D eigenvalue weighted by Gasteiger charge is -2.33. The second kappa shape index (κ2) is 6.90. The number of nitrogens with zero attached hydrogens (tertiary/aromatic N) is 5. The van der Waals surface area contributed by atoms with Crippen LogP contribution in [0.5, 0.6) is 0 Å². The van der Waals surface area contributed by atoms with Crippen molar-refractivity contribution in [3.8, 4) is 0 Å². The van der Waals surface area contributed by atoms with E-state index in [2.05, 4.69) is 43.9 Å². The first-order chi connectivity index (χ1) is 13.7. The fourth-order valence-corrected chi connectivity index (χ4v) is 4.14. The molecule has 3 aromatic rings. The van der Waals surface area contributed by atoms with Crippen molar-refractivity contribution in [1.82, 2.24) is 18.7 Å². The number of aromatic nitrogens is 4. The van der Waals surface area contributed by atoms with Crippen LogP contribution < -0.4 is 16.1 Å². The van der Waals surface area contributed by atoms with Crippen molar-refractivity contribution < 1.29 is 0 Å². The van der Waals surface area contributed by atoms with Crippen LogP contribution in [0.4, 0.5) is 11.6 Å². The van der Waals surface area contributed by atoms with Gasteiger partial charge in [0, 0.05) is 32.4 Å². The number of fused-ring (bicyclic) bond motifs is 3. The van der Waals surface area contributed by atoms with Crippen LogP contribution in [-0.2, 0) is 20.1 Å². The van der Waals surface area contributed by atoms with Crippen LogP contribution in [0.2, 0.25) is 0 Å². The van der Waals surface area contributed by atoms with E-state index < -0.39 is 0 Å². The van der Waals surface area contributed by atoms with Gasteiger partial charge < -0.3 is 9.47 Å². The largest absolute Gasteiger partial charge is 0.332 e. The van der Waals surface area contributed by atoms with E-state index in [4.69, 9.17) is 4.98 Å². The Morgan fingerprint density at radius 1 is 1.14 bits per heavy atom. The molecule has 1 aromatic carbocycles. The fraction of sp³-hybridized carbons (Fsp3) is 0.500. The van der Waals surface area contributed by atoms with Crippen LogP contribution in [0.1, 0.15) is 31.9 Å². The van der Waals surface area contributed by atoms with Gasteiger partial charge in [-0.2, -0.15) is 4.98 Å². The van der Waals surface area contributed by atoms with E-state index in [1.54, 1.807) is 7.05 Å². The zero-order valence-electron chi connectivity index (χ0n) is 18.1. The summed E-state index contributed by atoms with van der Waals surface area (Å²) in [5.74, 6) is 1.28. The van der Waals surface area contributed by atoms with Crippen LogP contribution >= 0.6 is 0 Å². The van der Waals surface area contributed by atoms with Gasteiger partial charge in [-0.15, -0.1) is 0 Å². The van der Waals surface area contributed by atoms with Crippen LogP contribution in [0.15, 0.2) is 27.8 Å². The van der Waals surface area contributed by atoms with Gasteiger partial charge in [0.15, 0.2) is 11.2 Å². The normalized spacial score (nSPS) is 16.7. The average Bonchev–Trinajstić information content (AvgIpc) is 3.04. The van der Waals surface area contributed by atoms with Crippen molar-refractivity contribution in [1.29, 1.82) is 0 Å². The van der Waals surface area contributed by atoms with Crippen LogP contribution in [-0.4, -0.2) is 25.2 Å². The van der Waals surface area contributed by atoms with Gasteiger partial charge in [-0.1, -0.05) is 26.8 Å². The van der Waals surface area contributed by atoms with Gasteiger partial charge in [0.05, 0.1) is 0 Å². The lowest BCUT2D eigenvalue weighted by molar-refractivity contribution is 0.454. The van der Waals surface area contributed by atoms with Gasteiger partial charge in [-0.3, -0.25) is 13.9 Å². The predicted octanol–water partition coefficient (Wildman–Crippen LogP) is 2.96. The number of hydrogen-bond acceptors (Lipinski definition) is 4. The van der Waals surface area contributed by atoms with Gasteiger partial charge in [0.2, 0.25) is 5.95 Å². The molecule has 2 aromatic heterocycles. The fourth-order valence-electron chi connectivity index (χ4n) is 4.14. The molecule has 29 heavy (non-hydrogen) atoms. The molecule has 0 radical (unpaired) electrons. The van der Waals surface area contributed by atoms with Crippen LogP contribution in [0, 0.1) is 25.7 Å². The topological polar surface area (TPSA) is 65.1 Å². The summed E-state index contributed by atoms with van der Waals surface area (Å²) in [7, 11) is 1.70. The highest BCUT2D eigenvalue weighted by Gasteiger charge is 2.30. The third kappa shape index (κ3) is 3.09. The maximum Gasteiger partial charge on any atom is 0.332 e. The molecule has 0 saturated carbocycles. The molecule has 1 atom stereocenters. The molecule has 1 aliphatic rings. The van der Waals surface area contributed by atoms with Crippen molar-refractivity contribution in [2.45, 2.75) is 47.7 Å². The van der Waals surface area contributed by atoms with Gasteiger partial charge in [-0.25, -0.2) is 4.79 Å². The van der Waals surface area contributed by atoms with E-state index >= 15 is 0 Å². The first-order valence-electron chi connectivity index (χ1n) is 10.2. The molecule has 0 fully saturated rings. The minimum Gasteiger partial charge on any atom is -0.312 e. The summed E-state index contributed by atoms with van der Waals surface area (Å²) in [6.45, 7) is 12.3. The molecule has 0 saturated heterocycles. The lowest BCUT2D eigenvalue weighted by Crippen LogP contribution is -2.41. The lowest BCUT2D eigenvalue weighted by atomic mass is 10.1. The number of benzene rings is 1. The Morgan fingerprint density at radius 3 is 2.52 bits per heavy atom. The number of imidazole rings is 1. The summed E-state index contributed by atoms with van der Waals surface area (Å²) in [5, 5.41) is 0. The molecule has 1 unspecified atom stereocenters. The van der Waals surface area contributed by atoms with E-state index in [-0.39, 0.29) is 17.2 Å². The molecule has 0 spiro atoms. The zero-order valence-corrected chi connectivity index (χ0v) is 18.1. The SMILES string of the molecule is Cc1ccc(N2CC(C)Cn3c2nc2c3c(=O)n(CC(C)C)c(=O)n2C)cc1C. The van der Waals surface area contributed by atoms with Crippen LogP contribution in [0.25, 0.3) is 11.2 Å². The maximum absolute atomic E-state index is 13.3. The molecule has 0 amide bonds. The van der Waals surface area contributed by atoms with Crippen molar-refractivity contribution >= 4 is 22.8 Å². The first-order valence-corrected chi connectivity index (χ1v) is 10.2. The molecule has 4 rings (SSSR count). The van der Waals surface area contributed by atoms with Crippen molar-refractivity contribution in [3.63, 3.8) is 0 Å². The Kier molecular flexibility index (Phi) is 4.63. The third-order valence-electron chi connectivity index (χ3n) is 5.79. The molecule has 7 nitrogen and oxygen atoms in total. The second-order valence-electron chi connectivity index (χ2n) is 8.83. The minimum atomic E-state index is -0.308. The zero-order chi connectivity index (χ0) is 21.0. The monoisotopic (exact) mass is 395 g/mol. The second-order valence-corrected chi connectivity index (χ2v) is 8.83. The first kappa shape index (κ1) is 19.5. The van der Waals surface area contributed by atoms with Gasteiger partial charge in [0.25, 0.3) is 5.56 Å². The van der Waals surface area contributed by atoms with E-state index in [0.29, 0.717) is 30.2 Å². The van der Waals surface area contributed by atoms with Gasteiger partial charge in [0.1, 0.15) is 0 Å². The molecule has 1 aliphatic heterocycles. The molecule has 3 heterocycles. The number of hydrogen-bond donors (Lipinski definition) is 0. The Balaban J connectivity index is 1.99. The van der Waals surface area contributed by atoms with E-state index in [9.17, 15) is 9.59 Å². The highest BCUT2D eigenvalue weighted by Crippen LogP contribution is 2.33. The minimum absolute atomic E-state index is 0.201. The summed E-state index contributed by atoms with van der Waals surface area (Å²) in [5.41, 5.74) is 3.94. The smallest absolute Gasteiger partial charge is 0.312 e. The van der Waals surface area contributed by atoms with E-state index in [1.807, 2.05) is 18.4 Å². The molecular formula is C22H29N5O2. The molecule has 0 N–H and O–H groups in total. The number of anilines is 2. The Hall–Kier alpha value is -2.83. The van der Waals surface area contributed by atoms with Crippen molar-refractivity contribution in [3.05, 3.63) is 50.2 Å². The summed E-state index contributed by atoms with van der Waals surface area (Å²) in [4.78, 5) is 33.0. The predicted molar refractivity (Wildman–Crippen MR) is 116 cm³/mol. The molecule has 0 bridgehead atoms. The standard InChI is InChI=1S/C22H29N5O2/c1-13(2)10-27-20(28)18-19(24(6)22(27)29)23-21-25(11-14(3)12-26(18)21)17-8-7-15(4)16(5)9-17/h7-9,13-14H,10-12H2,1-6H3. The summed E-state index contributed by atoms with van der Waals surface area (Å²) >= 11 is 0. The molecule has 154 valence electrons. The van der Waals surface area contributed by atoms with Crippen LogP contribution in [0.3, 0.4) is 0 Å². The highest BCUT2D eigenvalue weighted by molar-refractivity contribution is 5.77. The maximum atomic E-state index is 13.3. The van der Waals surface area contributed by atoms with E-state index in [1.165, 1.54) is 20.3 Å². The summed E-state index contributed by atoms with van der Waals surface area (Å²) in [6.07, 6.45) is 0. The molecule has 0 aliphatic carbocycles. The Labute approximate surface area is 170 Å². The van der Waals surface area contributed by atoms with Gasteiger partial charge in [-0.05, 0) is 48.9 Å². The number of rotatable bonds is 3. The van der Waals surface area contributed by atoms with Crippen molar-refractivity contribution in [2.75, 3.05) is 11.4 Å². The molecule has 7 heteroatoms. The summed E-state index contributed by atoms with van der Waals surface area (Å²) < 4.78 is 4.85. The van der Waals surface area contributed by atoms with Gasteiger partial charge >= 0.3 is 5.69 Å². The highest BCUT2D eigenvalue weighted by atomic mass is 16.2. The Morgan fingerprint density at radius 2 is 1.86 bits per heavy atom. The Bertz CT molecular complexity index is 1210. The number of aryl methyl sites for hydroxylation is 3. The van der Waals surface area contributed by atoms with Crippen molar-refractivity contribution in [2.24, 2.45) is 18.9 Å². The average molecular weight is 396 g/mol. The third-order valence-corrected chi connectivity index (χ3v) is 5.79. The van der Waals surface area contributed by atoms with E-state index in [0.717, 1.165) is 18.2 Å². The quantitative estimate of drug-likeness (QED) is 0.684. The summed E-state index contributed by atoms with van der Waals surface area (Å²) in [6, 6.07) is 6.37. The molecular weight excluding hydrogens is 366 g/mol.